The van der Waals surface area contributed by atoms with Crippen LogP contribution in [0.25, 0.3) is 0 Å². The minimum atomic E-state index is 0.722. The number of thiophene rings is 1. The van der Waals surface area contributed by atoms with Gasteiger partial charge in [0.25, 0.3) is 0 Å². The highest BCUT2D eigenvalue weighted by Crippen LogP contribution is 2.31. The second-order valence-electron chi connectivity index (χ2n) is 4.62. The van der Waals surface area contributed by atoms with Crippen LogP contribution in [0.1, 0.15) is 37.5 Å². The summed E-state index contributed by atoms with van der Waals surface area (Å²) in [6.45, 7) is 3.29. The van der Waals surface area contributed by atoms with E-state index in [1.807, 2.05) is 6.07 Å². The third-order valence-electron chi connectivity index (χ3n) is 3.47. The van der Waals surface area contributed by atoms with Crippen LogP contribution in [-0.2, 0) is 6.42 Å². The molecule has 1 aromatic heterocycles. The van der Waals surface area contributed by atoms with E-state index in [0.29, 0.717) is 0 Å². The van der Waals surface area contributed by atoms with E-state index in [1.165, 1.54) is 37.0 Å². The second kappa shape index (κ2) is 6.04. The van der Waals surface area contributed by atoms with Crippen molar-refractivity contribution in [1.29, 1.82) is 0 Å². The van der Waals surface area contributed by atoms with E-state index in [9.17, 15) is 0 Å². The molecule has 2 atom stereocenters. The smallest absolute Gasteiger partial charge is 0.0931 e. The Morgan fingerprint density at radius 3 is 2.88 bits per heavy atom. The lowest BCUT2D eigenvalue weighted by Crippen LogP contribution is -2.39. The molecule has 90 valence electrons. The molecule has 1 nitrogen and oxygen atoms in total. The minimum absolute atomic E-state index is 0.722. The van der Waals surface area contributed by atoms with Crippen molar-refractivity contribution in [2.75, 3.05) is 6.54 Å². The standard InChI is InChI=1S/C13H20ClNS/c1-2-15-12-6-4-3-5-10(12)9-11-7-8-13(14)16-11/h7-8,10,12,15H,2-6,9H2,1H3. The van der Waals surface area contributed by atoms with Crippen molar-refractivity contribution in [3.8, 4) is 0 Å². The minimum Gasteiger partial charge on any atom is -0.314 e. The summed E-state index contributed by atoms with van der Waals surface area (Å²) in [5, 5.41) is 3.63. The molecule has 1 fully saturated rings. The third-order valence-corrected chi connectivity index (χ3v) is 4.72. The van der Waals surface area contributed by atoms with Gasteiger partial charge in [-0.05, 0) is 43.9 Å². The fourth-order valence-corrected chi connectivity index (χ4v) is 3.88. The van der Waals surface area contributed by atoms with Crippen LogP contribution in [0, 0.1) is 5.92 Å². The SMILES string of the molecule is CCNC1CCCCC1Cc1ccc(Cl)s1. The van der Waals surface area contributed by atoms with Crippen LogP contribution in [0.4, 0.5) is 0 Å². The first-order valence-electron chi connectivity index (χ1n) is 6.27. The van der Waals surface area contributed by atoms with Gasteiger partial charge in [-0.3, -0.25) is 0 Å². The van der Waals surface area contributed by atoms with Gasteiger partial charge in [0.2, 0.25) is 0 Å². The molecule has 0 saturated heterocycles. The van der Waals surface area contributed by atoms with Crippen LogP contribution in [0.2, 0.25) is 4.34 Å². The van der Waals surface area contributed by atoms with Crippen molar-refractivity contribution in [2.45, 2.75) is 45.1 Å². The lowest BCUT2D eigenvalue weighted by Gasteiger charge is -2.31. The first-order valence-corrected chi connectivity index (χ1v) is 7.46. The summed E-state index contributed by atoms with van der Waals surface area (Å²) < 4.78 is 0.922. The molecule has 1 aliphatic carbocycles. The normalized spacial score (nSPS) is 25.9. The third kappa shape index (κ3) is 3.22. The van der Waals surface area contributed by atoms with Crippen molar-refractivity contribution >= 4 is 22.9 Å². The van der Waals surface area contributed by atoms with E-state index in [-0.39, 0.29) is 0 Å². The highest BCUT2D eigenvalue weighted by molar-refractivity contribution is 7.16. The molecule has 1 aromatic rings. The Morgan fingerprint density at radius 2 is 2.19 bits per heavy atom. The Labute approximate surface area is 107 Å². The highest BCUT2D eigenvalue weighted by Gasteiger charge is 2.24. The number of rotatable bonds is 4. The molecule has 16 heavy (non-hydrogen) atoms. The van der Waals surface area contributed by atoms with E-state index < -0.39 is 0 Å². The Morgan fingerprint density at radius 1 is 1.38 bits per heavy atom. The molecule has 0 amide bonds. The average molecular weight is 258 g/mol. The van der Waals surface area contributed by atoms with Gasteiger partial charge in [0.15, 0.2) is 0 Å². The predicted octanol–water partition coefficient (Wildman–Crippen LogP) is 4.11. The fourth-order valence-electron chi connectivity index (χ4n) is 2.70. The average Bonchev–Trinajstić information content (AvgIpc) is 2.67. The largest absolute Gasteiger partial charge is 0.314 e. The van der Waals surface area contributed by atoms with Crippen LogP contribution in [-0.4, -0.2) is 12.6 Å². The lowest BCUT2D eigenvalue weighted by molar-refractivity contribution is 0.265. The quantitative estimate of drug-likeness (QED) is 0.856. The van der Waals surface area contributed by atoms with Crippen molar-refractivity contribution in [3.05, 3.63) is 21.3 Å². The van der Waals surface area contributed by atoms with Crippen molar-refractivity contribution < 1.29 is 0 Å². The van der Waals surface area contributed by atoms with Gasteiger partial charge in [0.1, 0.15) is 0 Å². The number of hydrogen-bond acceptors (Lipinski definition) is 2. The molecule has 1 N–H and O–H groups in total. The maximum Gasteiger partial charge on any atom is 0.0931 e. The van der Waals surface area contributed by atoms with Crippen molar-refractivity contribution in [3.63, 3.8) is 0 Å². The van der Waals surface area contributed by atoms with Gasteiger partial charge in [0, 0.05) is 10.9 Å². The molecule has 1 heterocycles. The van der Waals surface area contributed by atoms with Gasteiger partial charge in [0.05, 0.1) is 4.34 Å². The number of hydrogen-bond donors (Lipinski definition) is 1. The monoisotopic (exact) mass is 257 g/mol. The van der Waals surface area contributed by atoms with Gasteiger partial charge >= 0.3 is 0 Å². The zero-order chi connectivity index (χ0) is 11.4. The van der Waals surface area contributed by atoms with Gasteiger partial charge in [-0.1, -0.05) is 31.4 Å². The van der Waals surface area contributed by atoms with Crippen molar-refractivity contribution in [2.24, 2.45) is 5.92 Å². The Bertz CT molecular complexity index is 321. The first-order chi connectivity index (χ1) is 7.79. The zero-order valence-electron chi connectivity index (χ0n) is 9.84. The fraction of sp³-hybridized carbons (Fsp3) is 0.692. The summed E-state index contributed by atoms with van der Waals surface area (Å²) in [4.78, 5) is 1.44. The molecule has 3 heteroatoms. The van der Waals surface area contributed by atoms with E-state index >= 15 is 0 Å². The predicted molar refractivity (Wildman–Crippen MR) is 72.5 cm³/mol. The highest BCUT2D eigenvalue weighted by atomic mass is 35.5. The summed E-state index contributed by atoms with van der Waals surface area (Å²) in [6.07, 6.45) is 6.70. The van der Waals surface area contributed by atoms with Crippen LogP contribution in [0.15, 0.2) is 12.1 Å². The molecule has 0 aromatic carbocycles. The van der Waals surface area contributed by atoms with Gasteiger partial charge in [-0.2, -0.15) is 0 Å². The van der Waals surface area contributed by atoms with E-state index in [0.717, 1.165) is 22.8 Å². The molecule has 0 aliphatic heterocycles. The topological polar surface area (TPSA) is 12.0 Å². The number of nitrogens with one attached hydrogen (secondary N) is 1. The van der Waals surface area contributed by atoms with Crippen LogP contribution < -0.4 is 5.32 Å². The van der Waals surface area contributed by atoms with Crippen molar-refractivity contribution in [1.82, 2.24) is 5.32 Å². The lowest BCUT2D eigenvalue weighted by atomic mass is 9.82. The second-order valence-corrected chi connectivity index (χ2v) is 6.42. The molecule has 1 saturated carbocycles. The van der Waals surface area contributed by atoms with Crippen LogP contribution >= 0.6 is 22.9 Å². The Hall–Kier alpha value is -0.0500. The van der Waals surface area contributed by atoms with Gasteiger partial charge < -0.3 is 5.32 Å². The number of halogens is 1. The summed E-state index contributed by atoms with van der Waals surface area (Å²) in [6, 6.07) is 4.93. The Kier molecular flexibility index (Phi) is 4.68. The zero-order valence-corrected chi connectivity index (χ0v) is 11.4. The summed E-state index contributed by atoms with van der Waals surface area (Å²) in [5.41, 5.74) is 0. The first kappa shape index (κ1) is 12.4. The van der Waals surface area contributed by atoms with Gasteiger partial charge in [-0.15, -0.1) is 11.3 Å². The van der Waals surface area contributed by atoms with Crippen LogP contribution in [0.3, 0.4) is 0 Å². The molecular formula is C13H20ClNS. The summed E-state index contributed by atoms with van der Waals surface area (Å²) in [7, 11) is 0. The maximum absolute atomic E-state index is 5.98. The van der Waals surface area contributed by atoms with E-state index in [2.05, 4.69) is 18.3 Å². The molecule has 2 rings (SSSR count). The van der Waals surface area contributed by atoms with Gasteiger partial charge in [-0.25, -0.2) is 0 Å². The maximum atomic E-state index is 5.98. The summed E-state index contributed by atoms with van der Waals surface area (Å²) >= 11 is 7.72. The summed E-state index contributed by atoms with van der Waals surface area (Å²) in [5.74, 6) is 0.809. The Balaban J connectivity index is 1.95. The van der Waals surface area contributed by atoms with Crippen LogP contribution in [0.5, 0.6) is 0 Å². The molecule has 0 spiro atoms. The van der Waals surface area contributed by atoms with E-state index in [1.54, 1.807) is 11.3 Å². The molecule has 1 aliphatic rings. The molecule has 0 bridgehead atoms. The molecule has 0 radical (unpaired) electrons. The van der Waals surface area contributed by atoms with E-state index in [4.69, 9.17) is 11.6 Å². The molecular weight excluding hydrogens is 238 g/mol. The molecule has 2 unspecified atom stereocenters.